The summed E-state index contributed by atoms with van der Waals surface area (Å²) in [5.41, 5.74) is -0.213. The molecule has 194 valence electrons. The Bertz CT molecular complexity index is 978. The zero-order chi connectivity index (χ0) is 26.4. The number of hydrogen-bond donors (Lipinski definition) is 1. The average Bonchev–Trinajstić information content (AvgIpc) is 3.02. The maximum atomic E-state index is 13.1. The van der Waals surface area contributed by atoms with Crippen molar-refractivity contribution in [3.8, 4) is 0 Å². The SMILES string of the molecule is CCC(=O)O.CCC(=O)OC1(C(C)=O)C(C)CC2C3CCC4=CC(=O)C=CC4(C)C3(C)CCC21C. The molecule has 3 saturated carbocycles. The Hall–Kier alpha value is -2.24. The maximum Gasteiger partial charge on any atom is 0.306 e. The van der Waals surface area contributed by atoms with E-state index in [1.54, 1.807) is 26.8 Å². The number of hydrogen-bond acceptors (Lipinski definition) is 5. The molecule has 0 aromatic carbocycles. The highest BCUT2D eigenvalue weighted by atomic mass is 16.6. The van der Waals surface area contributed by atoms with Gasteiger partial charge in [0.2, 0.25) is 0 Å². The van der Waals surface area contributed by atoms with E-state index < -0.39 is 11.6 Å². The van der Waals surface area contributed by atoms with Gasteiger partial charge in [0.15, 0.2) is 17.2 Å². The lowest BCUT2D eigenvalue weighted by Gasteiger charge is -2.64. The third-order valence-corrected chi connectivity index (χ3v) is 10.3. The van der Waals surface area contributed by atoms with Crippen molar-refractivity contribution < 1.29 is 29.0 Å². The van der Waals surface area contributed by atoms with Gasteiger partial charge in [-0.25, -0.2) is 0 Å². The molecule has 0 spiro atoms. The van der Waals surface area contributed by atoms with Crippen molar-refractivity contribution in [2.24, 2.45) is 34.0 Å². The van der Waals surface area contributed by atoms with Gasteiger partial charge in [0.25, 0.3) is 0 Å². The first-order valence-corrected chi connectivity index (χ1v) is 13.1. The lowest BCUT2D eigenvalue weighted by Crippen LogP contribution is -2.62. The highest BCUT2D eigenvalue weighted by molar-refractivity contribution is 6.01. The first-order chi connectivity index (χ1) is 16.2. The van der Waals surface area contributed by atoms with E-state index in [1.807, 2.05) is 6.08 Å². The smallest absolute Gasteiger partial charge is 0.306 e. The quantitative estimate of drug-likeness (QED) is 0.513. The van der Waals surface area contributed by atoms with Crippen LogP contribution in [0.4, 0.5) is 0 Å². The summed E-state index contributed by atoms with van der Waals surface area (Å²) in [7, 11) is 0. The topological polar surface area (TPSA) is 97.7 Å². The van der Waals surface area contributed by atoms with E-state index in [2.05, 4.69) is 33.8 Å². The Kier molecular flexibility index (Phi) is 7.29. The van der Waals surface area contributed by atoms with Gasteiger partial charge < -0.3 is 9.84 Å². The van der Waals surface area contributed by atoms with Crippen molar-refractivity contribution in [3.05, 3.63) is 23.8 Å². The Labute approximate surface area is 209 Å². The number of ether oxygens (including phenoxy) is 1. The molecule has 0 aromatic heterocycles. The van der Waals surface area contributed by atoms with Gasteiger partial charge in [0, 0.05) is 29.6 Å². The number of Topliss-reactive ketones (excluding diaryl/α,β-unsaturated/α-hetero) is 1. The van der Waals surface area contributed by atoms with Gasteiger partial charge in [0.05, 0.1) is 0 Å². The molecule has 6 nitrogen and oxygen atoms in total. The van der Waals surface area contributed by atoms with Crippen molar-refractivity contribution in [1.29, 1.82) is 0 Å². The molecule has 0 radical (unpaired) electrons. The minimum Gasteiger partial charge on any atom is -0.481 e. The molecule has 0 bridgehead atoms. The van der Waals surface area contributed by atoms with Crippen molar-refractivity contribution in [1.82, 2.24) is 0 Å². The summed E-state index contributed by atoms with van der Waals surface area (Å²) in [6.45, 7) is 14.0. The summed E-state index contributed by atoms with van der Waals surface area (Å²) in [4.78, 5) is 47.0. The number of aliphatic carboxylic acids is 1. The standard InChI is InChI=1S/C26H36O4.C3H6O2/c1-7-22(29)30-26(17(3)27)16(2)14-21-20-9-8-18-15-19(28)10-11-23(18,4)24(20,5)12-13-25(21,26)6;1-2-3(4)5/h10-11,15-16,20-21H,7-9,12-14H2,1-6H3;2H2,1H3,(H,4,5). The van der Waals surface area contributed by atoms with Crippen LogP contribution >= 0.6 is 0 Å². The highest BCUT2D eigenvalue weighted by Crippen LogP contribution is 2.73. The third kappa shape index (κ3) is 3.92. The van der Waals surface area contributed by atoms with Crippen molar-refractivity contribution in [2.45, 2.75) is 99.0 Å². The number of carboxylic acid groups (broad SMARTS) is 1. The Morgan fingerprint density at radius 3 is 2.20 bits per heavy atom. The van der Waals surface area contributed by atoms with E-state index in [4.69, 9.17) is 9.84 Å². The summed E-state index contributed by atoms with van der Waals surface area (Å²) in [6, 6.07) is 0. The fraction of sp³-hybridized carbons (Fsp3) is 0.724. The number of esters is 1. The molecule has 0 aliphatic heterocycles. The van der Waals surface area contributed by atoms with Gasteiger partial charge >= 0.3 is 11.9 Å². The molecule has 6 heteroatoms. The monoisotopic (exact) mass is 486 g/mol. The molecule has 0 aromatic rings. The number of rotatable bonds is 4. The minimum absolute atomic E-state index is 0.00355. The molecule has 4 rings (SSSR count). The molecule has 7 unspecified atom stereocenters. The molecule has 3 fully saturated rings. The van der Waals surface area contributed by atoms with E-state index in [0.717, 1.165) is 32.1 Å². The highest BCUT2D eigenvalue weighted by Gasteiger charge is 2.72. The number of carboxylic acids is 1. The van der Waals surface area contributed by atoms with Crippen LogP contribution in [0.5, 0.6) is 0 Å². The van der Waals surface area contributed by atoms with Gasteiger partial charge in [0.1, 0.15) is 0 Å². The van der Waals surface area contributed by atoms with Gasteiger partial charge in [-0.3, -0.25) is 19.2 Å². The predicted octanol–water partition coefficient (Wildman–Crippen LogP) is 5.69. The molecule has 4 aliphatic rings. The van der Waals surface area contributed by atoms with Crippen LogP contribution in [-0.4, -0.2) is 34.2 Å². The van der Waals surface area contributed by atoms with Crippen molar-refractivity contribution >= 4 is 23.5 Å². The number of allylic oxidation sites excluding steroid dienone is 4. The molecule has 0 saturated heterocycles. The fourth-order valence-corrected chi connectivity index (χ4v) is 8.15. The summed E-state index contributed by atoms with van der Waals surface area (Å²) in [5, 5.41) is 7.72. The third-order valence-electron chi connectivity index (χ3n) is 10.3. The second kappa shape index (κ2) is 9.33. The second-order valence-corrected chi connectivity index (χ2v) is 11.7. The summed E-state index contributed by atoms with van der Waals surface area (Å²) in [5.74, 6) is -0.162. The zero-order valence-corrected chi connectivity index (χ0v) is 22.4. The minimum atomic E-state index is -1.03. The van der Waals surface area contributed by atoms with Crippen LogP contribution in [0.3, 0.4) is 0 Å². The van der Waals surface area contributed by atoms with Gasteiger partial charge in [-0.2, -0.15) is 0 Å². The van der Waals surface area contributed by atoms with Crippen LogP contribution in [0.25, 0.3) is 0 Å². The normalized spacial score (nSPS) is 41.4. The molecule has 7 atom stereocenters. The van der Waals surface area contributed by atoms with Crippen LogP contribution in [0.15, 0.2) is 23.8 Å². The van der Waals surface area contributed by atoms with E-state index in [1.165, 1.54) is 5.57 Å². The Morgan fingerprint density at radius 1 is 1.06 bits per heavy atom. The summed E-state index contributed by atoms with van der Waals surface area (Å²) >= 11 is 0. The second-order valence-electron chi connectivity index (χ2n) is 11.7. The van der Waals surface area contributed by atoms with Gasteiger partial charge in [-0.15, -0.1) is 0 Å². The van der Waals surface area contributed by atoms with Crippen LogP contribution in [0.2, 0.25) is 0 Å². The lowest BCUT2D eigenvalue weighted by atomic mass is 9.40. The van der Waals surface area contributed by atoms with Crippen LogP contribution in [0.1, 0.15) is 93.4 Å². The Morgan fingerprint density at radius 2 is 1.66 bits per heavy atom. The zero-order valence-electron chi connectivity index (χ0n) is 22.4. The molecule has 1 N–H and O–H groups in total. The van der Waals surface area contributed by atoms with E-state index >= 15 is 0 Å². The first-order valence-electron chi connectivity index (χ1n) is 13.1. The largest absolute Gasteiger partial charge is 0.481 e. The van der Waals surface area contributed by atoms with Crippen LogP contribution in [-0.2, 0) is 23.9 Å². The molecule has 35 heavy (non-hydrogen) atoms. The van der Waals surface area contributed by atoms with Gasteiger partial charge in [-0.05, 0) is 68.4 Å². The number of carbonyl (C=O) groups is 4. The summed E-state index contributed by atoms with van der Waals surface area (Å²) in [6.07, 6.45) is 10.9. The van der Waals surface area contributed by atoms with Gasteiger partial charge in [-0.1, -0.05) is 53.2 Å². The number of carbonyl (C=O) groups excluding carboxylic acids is 3. The molecular weight excluding hydrogens is 444 g/mol. The van der Waals surface area contributed by atoms with Crippen LogP contribution < -0.4 is 0 Å². The van der Waals surface area contributed by atoms with E-state index in [-0.39, 0.29) is 52.5 Å². The van der Waals surface area contributed by atoms with Crippen molar-refractivity contribution in [3.63, 3.8) is 0 Å². The fourth-order valence-electron chi connectivity index (χ4n) is 8.15. The number of ketones is 2. The van der Waals surface area contributed by atoms with Crippen LogP contribution in [0, 0.1) is 34.0 Å². The van der Waals surface area contributed by atoms with Crippen molar-refractivity contribution in [2.75, 3.05) is 0 Å². The lowest BCUT2D eigenvalue weighted by molar-refractivity contribution is -0.198. The first kappa shape index (κ1) is 27.3. The molecule has 0 heterocycles. The van der Waals surface area contributed by atoms with E-state index in [9.17, 15) is 19.2 Å². The number of fused-ring (bicyclic) bond motifs is 5. The maximum absolute atomic E-state index is 13.1. The van der Waals surface area contributed by atoms with E-state index in [0.29, 0.717) is 11.8 Å². The molecule has 4 aliphatic carbocycles. The molecular formula is C29H42O6. The summed E-state index contributed by atoms with van der Waals surface area (Å²) < 4.78 is 6.09. The predicted molar refractivity (Wildman–Crippen MR) is 134 cm³/mol. The Balaban J connectivity index is 0.000000623. The molecule has 0 amide bonds. The average molecular weight is 487 g/mol.